The Bertz CT molecular complexity index is 1260. The van der Waals surface area contributed by atoms with Crippen LogP contribution in [0.3, 0.4) is 0 Å². The number of anilines is 1. The average Bonchev–Trinajstić information content (AvgIpc) is 3.34. The van der Waals surface area contributed by atoms with E-state index in [-0.39, 0.29) is 17.8 Å². The summed E-state index contributed by atoms with van der Waals surface area (Å²) in [5.41, 5.74) is 2.74. The Morgan fingerprint density at radius 2 is 2.10 bits per heavy atom. The molecule has 31 heavy (non-hydrogen) atoms. The minimum absolute atomic E-state index is 0.0240. The number of aryl methyl sites for hydroxylation is 1. The fourth-order valence-electron chi connectivity index (χ4n) is 5.49. The summed E-state index contributed by atoms with van der Waals surface area (Å²) in [6, 6.07) is 6.73. The van der Waals surface area contributed by atoms with E-state index in [4.69, 9.17) is 4.42 Å². The van der Waals surface area contributed by atoms with Crippen LogP contribution < -0.4 is 15.8 Å². The highest BCUT2D eigenvalue weighted by Gasteiger charge is 2.46. The lowest BCUT2D eigenvalue weighted by Crippen LogP contribution is -2.56. The molecule has 8 heteroatoms. The molecular formula is C23H23FN4O3. The largest absolute Gasteiger partial charge is 0.507 e. The van der Waals surface area contributed by atoms with Crippen molar-refractivity contribution in [1.29, 1.82) is 0 Å². The molecule has 2 aromatic heterocycles. The maximum atomic E-state index is 15.1. The SMILES string of the molecule is Cc1cc(=O)oc2cc(O)c(-c3cc4c(nn3)N([C@@H]3C[C@H]5CC[C@H](N5)[C@@H]3F)CC4)cc12. The molecule has 2 saturated heterocycles. The van der Waals surface area contributed by atoms with Gasteiger partial charge in [-0.05, 0) is 50.3 Å². The summed E-state index contributed by atoms with van der Waals surface area (Å²) in [6.45, 7) is 2.55. The number of hydrogen-bond acceptors (Lipinski definition) is 7. The third-order valence-electron chi connectivity index (χ3n) is 7.04. The van der Waals surface area contributed by atoms with Crippen LogP contribution in [0.25, 0.3) is 22.2 Å². The highest BCUT2D eigenvalue weighted by Crippen LogP contribution is 2.39. The van der Waals surface area contributed by atoms with Gasteiger partial charge < -0.3 is 19.7 Å². The van der Waals surface area contributed by atoms with E-state index in [0.717, 1.165) is 54.6 Å². The van der Waals surface area contributed by atoms with Gasteiger partial charge in [-0.15, -0.1) is 10.2 Å². The second-order valence-corrected chi connectivity index (χ2v) is 8.93. The number of fused-ring (bicyclic) bond motifs is 4. The van der Waals surface area contributed by atoms with E-state index < -0.39 is 11.8 Å². The first-order valence-corrected chi connectivity index (χ1v) is 10.8. The van der Waals surface area contributed by atoms with Gasteiger partial charge in [0.15, 0.2) is 5.82 Å². The van der Waals surface area contributed by atoms with Crippen molar-refractivity contribution in [1.82, 2.24) is 15.5 Å². The van der Waals surface area contributed by atoms with Gasteiger partial charge in [-0.3, -0.25) is 0 Å². The fraction of sp³-hybridized carbons (Fsp3) is 0.435. The van der Waals surface area contributed by atoms with Gasteiger partial charge in [0.05, 0.1) is 11.7 Å². The molecule has 0 amide bonds. The van der Waals surface area contributed by atoms with Crippen LogP contribution in [-0.2, 0) is 6.42 Å². The van der Waals surface area contributed by atoms with Gasteiger partial charge in [-0.25, -0.2) is 9.18 Å². The van der Waals surface area contributed by atoms with Crippen LogP contribution in [0, 0.1) is 6.92 Å². The number of hydrogen-bond donors (Lipinski definition) is 2. The molecule has 4 atom stereocenters. The van der Waals surface area contributed by atoms with Crippen molar-refractivity contribution in [2.24, 2.45) is 0 Å². The number of phenolic OH excluding ortho intramolecular Hbond substituents is 1. The summed E-state index contributed by atoms with van der Waals surface area (Å²) < 4.78 is 20.3. The van der Waals surface area contributed by atoms with Crippen molar-refractivity contribution in [3.8, 4) is 17.0 Å². The van der Waals surface area contributed by atoms with Crippen molar-refractivity contribution in [3.63, 3.8) is 0 Å². The molecule has 3 aromatic rings. The van der Waals surface area contributed by atoms with E-state index >= 15 is 4.39 Å². The molecule has 0 spiro atoms. The maximum Gasteiger partial charge on any atom is 0.336 e. The van der Waals surface area contributed by atoms with Crippen LogP contribution in [0.15, 0.2) is 33.5 Å². The summed E-state index contributed by atoms with van der Waals surface area (Å²) in [5, 5.41) is 23.5. The van der Waals surface area contributed by atoms with Crippen molar-refractivity contribution < 1.29 is 13.9 Å². The molecule has 160 valence electrons. The van der Waals surface area contributed by atoms with Crippen LogP contribution in [0.5, 0.6) is 5.75 Å². The molecular weight excluding hydrogens is 399 g/mol. The van der Waals surface area contributed by atoms with Crippen LogP contribution in [-0.4, -0.2) is 46.1 Å². The van der Waals surface area contributed by atoms with E-state index in [2.05, 4.69) is 20.4 Å². The van der Waals surface area contributed by atoms with Crippen LogP contribution in [0.4, 0.5) is 10.2 Å². The van der Waals surface area contributed by atoms with E-state index in [0.29, 0.717) is 22.9 Å². The highest BCUT2D eigenvalue weighted by molar-refractivity contribution is 5.88. The number of alkyl halides is 1. The molecule has 0 aliphatic carbocycles. The molecule has 5 heterocycles. The molecule has 1 aromatic carbocycles. The molecule has 3 aliphatic rings. The van der Waals surface area contributed by atoms with Gasteiger partial charge in [-0.1, -0.05) is 0 Å². The molecule has 6 rings (SSSR count). The average molecular weight is 422 g/mol. The first-order valence-electron chi connectivity index (χ1n) is 10.8. The number of nitrogens with one attached hydrogen (secondary N) is 1. The lowest BCUT2D eigenvalue weighted by Gasteiger charge is -2.39. The standard InChI is InChI=1S/C23H23FN4O3/c1-11-6-21(30)31-20-10-19(29)15(9-14(11)20)17-7-12-4-5-28(23(12)27-26-17)18-8-13-2-3-16(25-13)22(18)24/h6-7,9-10,13,16,18,22,25,29H,2-5,8H2,1H3/t13-,16+,18-,22+/m1/s1. The zero-order valence-corrected chi connectivity index (χ0v) is 17.1. The molecule has 0 saturated carbocycles. The van der Waals surface area contributed by atoms with Gasteiger partial charge in [0, 0.05) is 47.3 Å². The molecule has 2 N–H and O–H groups in total. The Kier molecular flexibility index (Phi) is 4.08. The number of phenols is 1. The monoisotopic (exact) mass is 422 g/mol. The maximum absolute atomic E-state index is 15.1. The van der Waals surface area contributed by atoms with E-state index in [1.165, 1.54) is 12.1 Å². The smallest absolute Gasteiger partial charge is 0.336 e. The van der Waals surface area contributed by atoms with Crippen molar-refractivity contribution in [2.45, 2.75) is 56.9 Å². The lowest BCUT2D eigenvalue weighted by atomic mass is 9.96. The first kappa shape index (κ1) is 18.7. The number of rotatable bonds is 2. The molecule has 0 radical (unpaired) electrons. The number of aromatic nitrogens is 2. The Hall–Kier alpha value is -3.00. The summed E-state index contributed by atoms with van der Waals surface area (Å²) >= 11 is 0. The topological polar surface area (TPSA) is 91.5 Å². The zero-order chi connectivity index (χ0) is 21.3. The number of nitrogens with zero attached hydrogens (tertiary/aromatic N) is 3. The number of aromatic hydroxyl groups is 1. The third kappa shape index (κ3) is 2.92. The second-order valence-electron chi connectivity index (χ2n) is 8.93. The molecule has 2 bridgehead atoms. The predicted molar refractivity (Wildman–Crippen MR) is 114 cm³/mol. The van der Waals surface area contributed by atoms with Crippen molar-refractivity contribution in [3.05, 3.63) is 45.8 Å². The minimum atomic E-state index is -0.909. The predicted octanol–water partition coefficient (Wildman–Crippen LogP) is 2.86. The molecule has 7 nitrogen and oxygen atoms in total. The molecule has 0 unspecified atom stereocenters. The van der Waals surface area contributed by atoms with Crippen LogP contribution >= 0.6 is 0 Å². The van der Waals surface area contributed by atoms with E-state index in [1.54, 1.807) is 6.07 Å². The highest BCUT2D eigenvalue weighted by atomic mass is 19.1. The quantitative estimate of drug-likeness (QED) is 0.614. The van der Waals surface area contributed by atoms with Gasteiger partial charge in [0.2, 0.25) is 0 Å². The van der Waals surface area contributed by atoms with Gasteiger partial charge >= 0.3 is 5.63 Å². The Morgan fingerprint density at radius 1 is 1.23 bits per heavy atom. The van der Waals surface area contributed by atoms with Gasteiger partial charge in [0.1, 0.15) is 17.5 Å². The number of piperidine rings is 1. The van der Waals surface area contributed by atoms with Gasteiger partial charge in [0.25, 0.3) is 0 Å². The molecule has 2 fully saturated rings. The lowest BCUT2D eigenvalue weighted by molar-refractivity contribution is 0.174. The van der Waals surface area contributed by atoms with Crippen molar-refractivity contribution in [2.75, 3.05) is 11.4 Å². The normalized spacial score (nSPS) is 27.1. The zero-order valence-electron chi connectivity index (χ0n) is 17.1. The van der Waals surface area contributed by atoms with Crippen LogP contribution in [0.1, 0.15) is 30.4 Å². The Balaban J connectivity index is 1.37. The Morgan fingerprint density at radius 3 is 2.97 bits per heavy atom. The van der Waals surface area contributed by atoms with Gasteiger partial charge in [-0.2, -0.15) is 0 Å². The summed E-state index contributed by atoms with van der Waals surface area (Å²) in [4.78, 5) is 13.7. The van der Waals surface area contributed by atoms with E-state index in [9.17, 15) is 9.90 Å². The minimum Gasteiger partial charge on any atom is -0.507 e. The number of benzene rings is 1. The summed E-state index contributed by atoms with van der Waals surface area (Å²) in [5.74, 6) is 0.726. The summed E-state index contributed by atoms with van der Waals surface area (Å²) in [6.07, 6.45) is 2.58. The molecule has 3 aliphatic heterocycles. The van der Waals surface area contributed by atoms with Crippen molar-refractivity contribution >= 4 is 16.8 Å². The Labute approximate surface area is 177 Å². The summed E-state index contributed by atoms with van der Waals surface area (Å²) in [7, 11) is 0. The third-order valence-corrected chi connectivity index (χ3v) is 7.04. The van der Waals surface area contributed by atoms with E-state index in [1.807, 2.05) is 13.0 Å². The fourth-order valence-corrected chi connectivity index (χ4v) is 5.49. The second kappa shape index (κ2) is 6.75. The van der Waals surface area contributed by atoms with Crippen LogP contribution in [0.2, 0.25) is 0 Å². The first-order chi connectivity index (χ1) is 15.0. The number of halogens is 1.